The first kappa shape index (κ1) is 31.6. The van der Waals surface area contributed by atoms with Crippen molar-refractivity contribution in [3.8, 4) is 5.75 Å². The van der Waals surface area contributed by atoms with Gasteiger partial charge in [0.05, 0.1) is 26.9 Å². The molecule has 7 heteroatoms. The van der Waals surface area contributed by atoms with Gasteiger partial charge in [0.1, 0.15) is 5.75 Å². The minimum atomic E-state index is -1.92. The second-order valence-electron chi connectivity index (χ2n) is 12.7. The van der Waals surface area contributed by atoms with E-state index in [0.29, 0.717) is 18.4 Å². The summed E-state index contributed by atoms with van der Waals surface area (Å²) in [6.45, 7) is 13.0. The Labute approximate surface area is 237 Å². The number of rotatable bonds is 14. The van der Waals surface area contributed by atoms with Gasteiger partial charge in [-0.15, -0.1) is 0 Å². The van der Waals surface area contributed by atoms with Crippen LogP contribution in [0.2, 0.25) is 18.1 Å². The highest BCUT2D eigenvalue weighted by molar-refractivity contribution is 6.74. The SMILES string of the molecule is COc1ccc(COCCCCCC2=C[C@H]3C[C@@H](O[Si](C)(C)C(C)(C)C)[C@H](/C=C/C(=O)N(C)OC)[C@H]3C2)cc1. The molecule has 1 fully saturated rings. The van der Waals surface area contributed by atoms with Gasteiger partial charge in [0.15, 0.2) is 8.32 Å². The van der Waals surface area contributed by atoms with Gasteiger partial charge in [0.25, 0.3) is 5.91 Å². The molecule has 0 radical (unpaired) electrons. The maximum Gasteiger partial charge on any atom is 0.269 e. The third kappa shape index (κ3) is 8.77. The summed E-state index contributed by atoms with van der Waals surface area (Å²) in [6, 6.07) is 8.06. The molecular weight excluding hydrogens is 506 g/mol. The highest BCUT2D eigenvalue weighted by Gasteiger charge is 2.48. The second-order valence-corrected chi connectivity index (χ2v) is 17.4. The standard InChI is InChI=1S/C32H51NO5Si/c1-32(2,3)39(7,8)38-30-22-26-20-25(21-29(26)28(30)17-18-31(34)33(4)36-6)12-10-9-11-19-37-23-24-13-15-27(35-5)16-14-24/h13-18,20,26,28-30H,9-12,19,21-23H2,1-8H3/b18-17+/t26-,28+,29-,30+/m0/s1. The van der Waals surface area contributed by atoms with Gasteiger partial charge in [-0.25, -0.2) is 5.06 Å². The van der Waals surface area contributed by atoms with Crippen LogP contribution in [0.4, 0.5) is 0 Å². The Bertz CT molecular complexity index is 981. The molecule has 0 aromatic heterocycles. The van der Waals surface area contributed by atoms with E-state index in [1.54, 1.807) is 25.8 Å². The van der Waals surface area contributed by atoms with Gasteiger partial charge >= 0.3 is 0 Å². The largest absolute Gasteiger partial charge is 0.497 e. The van der Waals surface area contributed by atoms with E-state index in [0.717, 1.165) is 38.0 Å². The summed E-state index contributed by atoms with van der Waals surface area (Å²) in [5.41, 5.74) is 2.75. The number of likely N-dealkylation sites (N-methyl/N-ethyl adjacent to an activating group) is 1. The molecular formula is C32H51NO5Si. The summed E-state index contributed by atoms with van der Waals surface area (Å²) >= 11 is 0. The number of hydroxylamine groups is 2. The third-order valence-electron chi connectivity index (χ3n) is 8.94. The molecule has 1 amide bonds. The summed E-state index contributed by atoms with van der Waals surface area (Å²) < 4.78 is 18.0. The van der Waals surface area contributed by atoms with E-state index in [4.69, 9.17) is 18.7 Å². The lowest BCUT2D eigenvalue weighted by Crippen LogP contribution is -2.45. The quantitative estimate of drug-likeness (QED) is 0.0788. The van der Waals surface area contributed by atoms with Gasteiger partial charge < -0.3 is 13.9 Å². The molecule has 1 aromatic carbocycles. The van der Waals surface area contributed by atoms with Crippen molar-refractivity contribution in [1.29, 1.82) is 0 Å². The zero-order valence-corrected chi connectivity index (χ0v) is 26.5. The first-order valence-electron chi connectivity index (χ1n) is 14.5. The second kappa shape index (κ2) is 14.1. The van der Waals surface area contributed by atoms with Crippen molar-refractivity contribution < 1.29 is 23.5 Å². The fourth-order valence-corrected chi connectivity index (χ4v) is 6.84. The Morgan fingerprint density at radius 1 is 1.10 bits per heavy atom. The summed E-state index contributed by atoms with van der Waals surface area (Å²) in [5.74, 6) is 2.04. The van der Waals surface area contributed by atoms with Crippen molar-refractivity contribution >= 4 is 14.2 Å². The highest BCUT2D eigenvalue weighted by Crippen LogP contribution is 2.51. The first-order chi connectivity index (χ1) is 18.4. The number of carbonyl (C=O) groups is 1. The minimum absolute atomic E-state index is 0.132. The van der Waals surface area contributed by atoms with Gasteiger partial charge in [0.2, 0.25) is 0 Å². The number of nitrogens with zero attached hydrogens (tertiary/aromatic N) is 1. The van der Waals surface area contributed by atoms with E-state index in [2.05, 4.69) is 58.2 Å². The monoisotopic (exact) mass is 557 g/mol. The fraction of sp³-hybridized carbons (Fsp3) is 0.656. The molecule has 2 aliphatic rings. The zero-order chi connectivity index (χ0) is 28.6. The van der Waals surface area contributed by atoms with Gasteiger partial charge in [-0.05, 0) is 79.8 Å². The van der Waals surface area contributed by atoms with Crippen LogP contribution in [-0.4, -0.2) is 53.3 Å². The predicted octanol–water partition coefficient (Wildman–Crippen LogP) is 7.32. The molecule has 0 spiro atoms. The normalized spacial score (nSPS) is 23.2. The van der Waals surface area contributed by atoms with Crippen LogP contribution in [0.3, 0.4) is 0 Å². The van der Waals surface area contributed by atoms with E-state index < -0.39 is 8.32 Å². The van der Waals surface area contributed by atoms with Crippen LogP contribution in [0, 0.1) is 17.8 Å². The average molecular weight is 558 g/mol. The number of methoxy groups -OCH3 is 1. The van der Waals surface area contributed by atoms with E-state index >= 15 is 0 Å². The third-order valence-corrected chi connectivity index (χ3v) is 13.4. The van der Waals surface area contributed by atoms with Gasteiger partial charge in [-0.3, -0.25) is 9.63 Å². The van der Waals surface area contributed by atoms with Crippen LogP contribution in [0.15, 0.2) is 48.1 Å². The van der Waals surface area contributed by atoms with E-state index in [9.17, 15) is 4.79 Å². The number of carbonyl (C=O) groups excluding carboxylic acids is 1. The van der Waals surface area contributed by atoms with Crippen molar-refractivity contribution in [2.45, 2.75) is 90.1 Å². The molecule has 3 rings (SSSR count). The molecule has 0 N–H and O–H groups in total. The molecule has 0 aliphatic heterocycles. The Kier molecular flexibility index (Phi) is 11.4. The van der Waals surface area contributed by atoms with Crippen LogP contribution >= 0.6 is 0 Å². The van der Waals surface area contributed by atoms with Crippen molar-refractivity contribution in [2.75, 3.05) is 27.9 Å². The topological polar surface area (TPSA) is 57.2 Å². The minimum Gasteiger partial charge on any atom is -0.497 e. The fourth-order valence-electron chi connectivity index (χ4n) is 5.48. The van der Waals surface area contributed by atoms with Crippen LogP contribution < -0.4 is 4.74 Å². The van der Waals surface area contributed by atoms with Gasteiger partial charge in [-0.2, -0.15) is 0 Å². The number of unbranched alkanes of at least 4 members (excludes halogenated alkanes) is 2. The number of ether oxygens (including phenoxy) is 2. The Morgan fingerprint density at radius 2 is 1.82 bits per heavy atom. The summed E-state index contributed by atoms with van der Waals surface area (Å²) in [4.78, 5) is 17.5. The molecule has 4 atom stereocenters. The van der Waals surface area contributed by atoms with Crippen LogP contribution in [-0.2, 0) is 25.4 Å². The maximum atomic E-state index is 12.4. The molecule has 39 heavy (non-hydrogen) atoms. The van der Waals surface area contributed by atoms with Gasteiger partial charge in [-0.1, -0.05) is 57.0 Å². The number of amides is 1. The average Bonchev–Trinajstić information content (AvgIpc) is 3.42. The smallest absolute Gasteiger partial charge is 0.269 e. The molecule has 6 nitrogen and oxygen atoms in total. The first-order valence-corrected chi connectivity index (χ1v) is 17.4. The van der Waals surface area contributed by atoms with Crippen LogP contribution in [0.1, 0.15) is 64.9 Å². The van der Waals surface area contributed by atoms with Crippen LogP contribution in [0.5, 0.6) is 5.75 Å². The highest BCUT2D eigenvalue weighted by atomic mass is 28.4. The Morgan fingerprint density at radius 3 is 2.46 bits per heavy atom. The lowest BCUT2D eigenvalue weighted by molar-refractivity contribution is -0.162. The molecule has 1 saturated carbocycles. The van der Waals surface area contributed by atoms with Gasteiger partial charge in [0, 0.05) is 25.6 Å². The number of hydrogen-bond acceptors (Lipinski definition) is 5. The molecule has 0 heterocycles. The molecule has 2 aliphatic carbocycles. The molecule has 0 unspecified atom stereocenters. The Balaban J connectivity index is 1.49. The van der Waals surface area contributed by atoms with Crippen molar-refractivity contribution in [2.24, 2.45) is 17.8 Å². The number of allylic oxidation sites excluding steroid dienone is 2. The number of fused-ring (bicyclic) bond motifs is 1. The van der Waals surface area contributed by atoms with Crippen molar-refractivity contribution in [1.82, 2.24) is 5.06 Å². The Hall–Kier alpha value is -1.93. The zero-order valence-electron chi connectivity index (χ0n) is 25.5. The lowest BCUT2D eigenvalue weighted by atomic mass is 9.89. The van der Waals surface area contributed by atoms with Crippen molar-refractivity contribution in [3.63, 3.8) is 0 Å². The van der Waals surface area contributed by atoms with E-state index in [1.807, 2.05) is 12.1 Å². The van der Waals surface area contributed by atoms with Crippen molar-refractivity contribution in [3.05, 3.63) is 53.6 Å². The molecule has 218 valence electrons. The predicted molar refractivity (Wildman–Crippen MR) is 160 cm³/mol. The summed E-state index contributed by atoms with van der Waals surface area (Å²) in [5, 5.41) is 1.43. The lowest BCUT2D eigenvalue weighted by Gasteiger charge is -2.40. The summed E-state index contributed by atoms with van der Waals surface area (Å²) in [6.07, 6.45) is 13.2. The number of hydrogen-bond donors (Lipinski definition) is 0. The van der Waals surface area contributed by atoms with Crippen LogP contribution in [0.25, 0.3) is 0 Å². The molecule has 0 bridgehead atoms. The van der Waals surface area contributed by atoms with E-state index in [1.165, 1.54) is 30.6 Å². The van der Waals surface area contributed by atoms with E-state index in [-0.39, 0.29) is 23.0 Å². The summed E-state index contributed by atoms with van der Waals surface area (Å²) in [7, 11) is 2.93. The molecule has 0 saturated heterocycles. The molecule has 1 aromatic rings. The number of benzene rings is 1. The maximum absolute atomic E-state index is 12.4.